The molecule has 0 atom stereocenters. The summed E-state index contributed by atoms with van der Waals surface area (Å²) in [6.45, 7) is 52.1. The molecule has 8 N–H and O–H groups in total. The molecular formula is C110H134N6O12. The summed E-state index contributed by atoms with van der Waals surface area (Å²) in [4.78, 5) is 66.8. The van der Waals surface area contributed by atoms with Crippen molar-refractivity contribution in [3.05, 3.63) is 290 Å². The van der Waals surface area contributed by atoms with Crippen LogP contribution in [0, 0.1) is 0 Å². The zero-order chi connectivity index (χ0) is 93.0. The highest BCUT2D eigenvalue weighted by atomic mass is 16.5. The Morgan fingerprint density at radius 2 is 0.352 bits per heavy atom. The molecule has 2 aliphatic carbocycles. The maximum Gasteiger partial charge on any atom is 0.252 e. The summed E-state index contributed by atoms with van der Waals surface area (Å²) < 4.78 is 28.3. The molecule has 0 spiro atoms. The van der Waals surface area contributed by atoms with E-state index in [1.165, 1.54) is 36.9 Å². The van der Waals surface area contributed by atoms with Crippen LogP contribution in [0.25, 0.3) is 0 Å². The minimum atomic E-state index is -0.477. The van der Waals surface area contributed by atoms with Gasteiger partial charge >= 0.3 is 0 Å². The van der Waals surface area contributed by atoms with Crippen LogP contribution in [-0.2, 0) is 94.7 Å². The van der Waals surface area contributed by atoms with Crippen molar-refractivity contribution in [1.29, 1.82) is 0 Å². The molecule has 0 saturated carbocycles. The Bertz CT molecular complexity index is 5050. The van der Waals surface area contributed by atoms with Crippen molar-refractivity contribution in [1.82, 2.24) is 31.2 Å². The molecule has 8 aromatic carbocycles. The van der Waals surface area contributed by atoms with Crippen molar-refractivity contribution in [3.8, 4) is 46.0 Å². The first kappa shape index (κ1) is 94.0. The Balaban J connectivity index is 0.931. The van der Waals surface area contributed by atoms with Gasteiger partial charge in [0.25, 0.3) is 23.6 Å². The fourth-order valence-corrected chi connectivity index (χ4v) is 17.1. The van der Waals surface area contributed by atoms with E-state index in [-0.39, 0.29) is 193 Å². The second-order valence-corrected chi connectivity index (χ2v) is 43.8. The lowest BCUT2D eigenvalue weighted by Crippen LogP contribution is -2.30. The van der Waals surface area contributed by atoms with Crippen molar-refractivity contribution in [3.63, 3.8) is 0 Å². The molecule has 0 unspecified atom stereocenters. The summed E-state index contributed by atoms with van der Waals surface area (Å²) >= 11 is 0. The summed E-state index contributed by atoms with van der Waals surface area (Å²) in [5.74, 6) is 0.786. The van der Waals surface area contributed by atoms with Crippen molar-refractivity contribution in [2.45, 2.75) is 261 Å². The largest absolute Gasteiger partial charge is 0.507 e. The molecule has 4 amide bonds. The first-order chi connectivity index (χ1) is 59.7. The maximum atomic E-state index is 14.5. The topological polar surface area (TPSA) is 260 Å². The average molecular weight is 1730 g/mol. The first-order valence-electron chi connectivity index (χ1n) is 45.3. The van der Waals surface area contributed by atoms with E-state index < -0.39 is 23.6 Å². The quantitative estimate of drug-likeness (QED) is 0.0703. The molecule has 128 heavy (non-hydrogen) atoms. The molecule has 0 fully saturated rings. The van der Waals surface area contributed by atoms with Gasteiger partial charge in [-0.3, -0.25) is 29.1 Å². The zero-order valence-electron chi connectivity index (χ0n) is 80.0. The number of phenols is 4. The lowest BCUT2D eigenvalue weighted by atomic mass is 9.79. The smallest absolute Gasteiger partial charge is 0.252 e. The summed E-state index contributed by atoms with van der Waals surface area (Å²) in [7, 11) is 0. The highest BCUT2D eigenvalue weighted by Crippen LogP contribution is 2.48. The lowest BCUT2D eigenvalue weighted by molar-refractivity contribution is 0.0931. The van der Waals surface area contributed by atoms with Crippen molar-refractivity contribution >= 4 is 23.6 Å². The Kier molecular flexibility index (Phi) is 26.5. The van der Waals surface area contributed by atoms with Gasteiger partial charge in [-0.25, -0.2) is 0 Å². The van der Waals surface area contributed by atoms with E-state index in [0.717, 1.165) is 89.0 Å². The van der Waals surface area contributed by atoms with Gasteiger partial charge in [-0.1, -0.05) is 263 Å². The van der Waals surface area contributed by atoms with Crippen LogP contribution < -0.4 is 40.2 Å². The molecule has 676 valence electrons. The Morgan fingerprint density at radius 3 is 0.484 bits per heavy atom. The predicted molar refractivity (Wildman–Crippen MR) is 510 cm³/mol. The third-order valence-corrected chi connectivity index (χ3v) is 25.1. The van der Waals surface area contributed by atoms with Crippen LogP contribution in [0.15, 0.2) is 134 Å². The third kappa shape index (κ3) is 21.7. The van der Waals surface area contributed by atoms with Gasteiger partial charge in [0.1, 0.15) is 72.4 Å². The molecule has 0 saturated heterocycles. The molecule has 18 nitrogen and oxygen atoms in total. The zero-order valence-corrected chi connectivity index (χ0v) is 80.0. The van der Waals surface area contributed by atoms with Crippen molar-refractivity contribution in [2.24, 2.45) is 0 Å². The van der Waals surface area contributed by atoms with E-state index in [4.69, 9.17) is 18.9 Å². The minimum absolute atomic E-state index is 0.0102. The number of hydrogen-bond donors (Lipinski definition) is 8. The molecule has 18 heteroatoms. The molecule has 24 bridgehead atoms. The Hall–Kier alpha value is -11.7. The second kappa shape index (κ2) is 36.1. The number of carbonyl (C=O) groups excluding carboxylic acids is 4. The van der Waals surface area contributed by atoms with E-state index in [2.05, 4.69) is 294 Å². The number of rotatable bonds is 0. The number of pyridine rings is 2. The highest BCUT2D eigenvalue weighted by Gasteiger charge is 2.34. The monoisotopic (exact) mass is 1730 g/mol. The fourth-order valence-electron chi connectivity index (χ4n) is 17.1. The minimum Gasteiger partial charge on any atom is -0.507 e. The number of fused-ring (bicyclic) bond motifs is 18. The van der Waals surface area contributed by atoms with Crippen LogP contribution in [0.1, 0.15) is 341 Å². The number of aromatic nitrogens is 2. The standard InChI is InChI=1S/C110H134N6O12/c1-103(2,3)83-43-63-33-71-51-87(107(13,14)15)53-73-35-65-45-84(104(4,5)6)46-66(92(65)118)36-74-54-88(108(16,17)18)52-72(34-64(44-83)91(63)117)96(74)126-30-26-114-100(122)80-42-82(62-112-60-80)102(124)116-28-32-128-98-76-38-68-48-85(105(7,8)9)47-67(93(68)119)37-75-55-89(109(19,20)21)57-77(39-69-49-86(106(10,11)12)50-70(94(69)120)40-78(98)58-90(56-76)110(22,23)24)97(75)127-31-27-115-101(123)81-41-79(59-111-61-81)99(121)113-25-29-125-95(71)73/h41-62,117-120H,25-40H2,1-24H3,(H,113,121)(H,114,122)(H,115,123)(H,116,124). The van der Waals surface area contributed by atoms with Gasteiger partial charge in [-0.2, -0.15) is 0 Å². The number of aromatic hydroxyl groups is 4. The Labute approximate surface area is 758 Å². The number of hydrogen-bond acceptors (Lipinski definition) is 14. The van der Waals surface area contributed by atoms with Crippen LogP contribution in [0.2, 0.25) is 0 Å². The van der Waals surface area contributed by atoms with E-state index in [0.29, 0.717) is 67.5 Å². The number of carbonyl (C=O) groups is 4. The SMILES string of the molecule is CC(C)(C)c1cc2c(O)c(c1)Cc1cc(C(C)(C)C)cc3c1OCCNC(=O)c1cncc(c1)C(=O)NCCOc1c4cc(C(C)(C)C)cc1Cc1cc(C(C)(C)C)cc(c1O)Cc1cc(C(C)(C)C)cc(c1OCCNC(=O)c1cncc(c1)C(=O)NCCOc1c(cc(C(C)(C)C)cc1Cc1cc(C(C)(C)C)cc(c1O)C3)C2)Cc1cc(C(C)(C)C)cc(c1O)C4. The molecule has 10 aromatic rings. The number of nitrogens with zero attached hydrogens (tertiary/aromatic N) is 2. The van der Waals surface area contributed by atoms with Crippen LogP contribution in [0.5, 0.6) is 46.0 Å². The summed E-state index contributed by atoms with van der Waals surface area (Å²) in [5.41, 5.74) is 17.4. The highest BCUT2D eigenvalue weighted by molar-refractivity contribution is 6.00. The molecule has 14 rings (SSSR count). The normalized spacial score (nSPS) is 15.4. The van der Waals surface area contributed by atoms with Crippen LogP contribution >= 0.6 is 0 Å². The first-order valence-corrected chi connectivity index (χ1v) is 45.3. The van der Waals surface area contributed by atoms with Crippen LogP contribution in [-0.4, -0.2) is 107 Å². The van der Waals surface area contributed by atoms with Crippen molar-refractivity contribution in [2.75, 3.05) is 52.6 Å². The molecule has 0 radical (unpaired) electrons. The van der Waals surface area contributed by atoms with Gasteiger partial charge in [0, 0.05) is 76.2 Å². The van der Waals surface area contributed by atoms with Gasteiger partial charge in [-0.05, 0) is 189 Å². The van der Waals surface area contributed by atoms with Gasteiger partial charge in [-0.15, -0.1) is 0 Å². The van der Waals surface area contributed by atoms with Crippen molar-refractivity contribution < 1.29 is 58.6 Å². The van der Waals surface area contributed by atoms with Gasteiger partial charge in [0.2, 0.25) is 0 Å². The van der Waals surface area contributed by atoms with Gasteiger partial charge in [0.15, 0.2) is 0 Å². The lowest BCUT2D eigenvalue weighted by Gasteiger charge is -2.28. The van der Waals surface area contributed by atoms with E-state index in [1.54, 1.807) is 0 Å². The average Bonchev–Trinajstić information content (AvgIpc) is 0.765. The fraction of sp³-hybridized carbons (Fsp3) is 0.436. The van der Waals surface area contributed by atoms with Crippen LogP contribution in [0.3, 0.4) is 0 Å². The molecule has 4 heterocycles. The van der Waals surface area contributed by atoms with E-state index >= 15 is 0 Å². The second-order valence-electron chi connectivity index (χ2n) is 43.8. The summed E-state index contributed by atoms with van der Waals surface area (Å²) in [5, 5.41) is 64.7. The number of phenolic OH excluding ortho intramolecular Hbond substituents is 4. The van der Waals surface area contributed by atoms with Gasteiger partial charge in [0.05, 0.1) is 48.4 Å². The molecule has 2 aromatic heterocycles. The number of amides is 4. The predicted octanol–water partition coefficient (Wildman–Crippen LogP) is 20.6. The molecule has 4 aliphatic rings. The van der Waals surface area contributed by atoms with Crippen LogP contribution in [0.4, 0.5) is 0 Å². The number of benzene rings is 8. The summed E-state index contributed by atoms with van der Waals surface area (Å²) in [6, 6.07) is 36.9. The van der Waals surface area contributed by atoms with E-state index in [1.807, 2.05) is 0 Å². The Morgan fingerprint density at radius 1 is 0.219 bits per heavy atom. The number of ether oxygens (including phenoxy) is 4. The molecular weight excluding hydrogens is 1600 g/mol. The van der Waals surface area contributed by atoms with Gasteiger partial charge < -0.3 is 60.6 Å². The van der Waals surface area contributed by atoms with E-state index in [9.17, 15) is 39.6 Å². The molecule has 2 aliphatic heterocycles. The third-order valence-electron chi connectivity index (χ3n) is 25.1. The summed E-state index contributed by atoms with van der Waals surface area (Å²) in [6.07, 6.45) is 7.59. The maximum absolute atomic E-state index is 14.5. The number of nitrogens with one attached hydrogen (secondary N) is 4.